The minimum atomic E-state index is 0.113. The summed E-state index contributed by atoms with van der Waals surface area (Å²) in [5.74, 6) is 2.25. The van der Waals surface area contributed by atoms with Gasteiger partial charge in [-0.15, -0.1) is 11.3 Å². The molecule has 8 aromatic rings. The summed E-state index contributed by atoms with van der Waals surface area (Å²) >= 11 is 17.2. The number of ether oxygens (including phenoxy) is 6. The Morgan fingerprint density at radius 2 is 1.11 bits per heavy atom. The Kier molecular flexibility index (Phi) is 17.2. The highest BCUT2D eigenvalue weighted by Crippen LogP contribution is 2.48. The van der Waals surface area contributed by atoms with E-state index >= 15 is 0 Å². The van der Waals surface area contributed by atoms with E-state index in [-0.39, 0.29) is 13.6 Å². The lowest BCUT2D eigenvalue weighted by Gasteiger charge is -2.26. The summed E-state index contributed by atoms with van der Waals surface area (Å²) in [7, 11) is 0. The number of anilines is 7. The summed E-state index contributed by atoms with van der Waals surface area (Å²) in [5.41, 5.74) is 14.2. The van der Waals surface area contributed by atoms with Crippen molar-refractivity contribution < 1.29 is 28.4 Å². The van der Waals surface area contributed by atoms with Gasteiger partial charge in [-0.1, -0.05) is 70.6 Å². The highest BCUT2D eigenvalue weighted by Gasteiger charge is 2.25. The zero-order valence-electron chi connectivity index (χ0n) is 41.1. The Labute approximate surface area is 460 Å². The Bertz CT molecular complexity index is 3420. The fraction of sp³-hybridized carbons (Fsp3) is 0.283. The molecule has 2 saturated heterocycles. The third kappa shape index (κ3) is 12.5. The van der Waals surface area contributed by atoms with Gasteiger partial charge in [0.15, 0.2) is 43.8 Å². The van der Waals surface area contributed by atoms with Crippen molar-refractivity contribution in [1.29, 1.82) is 10.5 Å². The molecule has 5 N–H and O–H groups in total. The summed E-state index contributed by atoms with van der Waals surface area (Å²) < 4.78 is 35.1. The van der Waals surface area contributed by atoms with Crippen LogP contribution in [0.3, 0.4) is 0 Å². The number of nitrogens with two attached hydrogens (primary N) is 1. The molecule has 0 bridgehead atoms. The molecule has 4 aromatic heterocycles. The normalized spacial score (nSPS) is 14.8. The molecular weight excluding hydrogens is 1070 g/mol. The summed E-state index contributed by atoms with van der Waals surface area (Å²) in [4.78, 5) is 22.6. The van der Waals surface area contributed by atoms with Crippen LogP contribution in [0, 0.1) is 22.7 Å². The SMILES string of the molecule is CSc1nc2ncc(C#N)c(Nc3c(Cl)ccc4c3OCO4)c2s1.N#Cc1cnc2nc(Nc3ccc(CCN4CCOCC4)cc3)sc2c1Nc1c(Cl)ccc2c1OCO2.Nc1ccc(CCN2CCOCC2)cc1. The molecule has 0 atom stereocenters. The maximum Gasteiger partial charge on any atom is 0.231 e. The van der Waals surface area contributed by atoms with Crippen LogP contribution in [0.25, 0.3) is 20.7 Å². The fourth-order valence-electron chi connectivity index (χ4n) is 8.46. The number of hydrogen-bond acceptors (Lipinski definition) is 21. The Balaban J connectivity index is 0.000000144. The Morgan fingerprint density at radius 1 is 0.618 bits per heavy atom. The standard InChI is InChI=1S/C26H23ClN6O3S.C15H9ClN4O2S2.C12H18N2O/c27-19-5-6-20-23(36-15-35-20)22(19)31-21-17(13-28)14-29-25-24(21)37-26(32-25)30-18-3-1-16(2-4-18)7-8-33-9-11-34-12-10-33;1-23-15-20-14-13(24-15)10(7(4-17)5-18-14)19-11-8(16)2-3-9-12(11)22-6-21-9;13-12-3-1-11(2-4-12)5-6-14-7-9-15-10-8-14/h1-6,14H,7-12,15H2,(H2,29,30,31,32);2-3,5H,6H2,1H3,(H,18,19);1-4H,5-10,13H2. The molecule has 4 aliphatic rings. The molecule has 0 spiro atoms. The van der Waals surface area contributed by atoms with Gasteiger partial charge in [0, 0.05) is 63.0 Å². The van der Waals surface area contributed by atoms with Crippen LogP contribution in [-0.4, -0.2) is 115 Å². The molecule has 4 aliphatic heterocycles. The van der Waals surface area contributed by atoms with Crippen molar-refractivity contribution in [3.8, 4) is 35.1 Å². The smallest absolute Gasteiger partial charge is 0.231 e. The van der Waals surface area contributed by atoms with Crippen molar-refractivity contribution in [3.05, 3.63) is 117 Å². The van der Waals surface area contributed by atoms with Gasteiger partial charge in [0.2, 0.25) is 13.6 Å². The fourth-order valence-corrected chi connectivity index (χ4v) is 11.3. The van der Waals surface area contributed by atoms with Crippen molar-refractivity contribution in [2.24, 2.45) is 0 Å². The third-order valence-electron chi connectivity index (χ3n) is 12.5. The minimum absolute atomic E-state index is 0.113. The van der Waals surface area contributed by atoms with Crippen LogP contribution in [-0.2, 0) is 22.3 Å². The Hall–Kier alpha value is -6.89. The van der Waals surface area contributed by atoms with Crippen LogP contribution in [0.5, 0.6) is 23.0 Å². The van der Waals surface area contributed by atoms with Crippen molar-refractivity contribution in [3.63, 3.8) is 0 Å². The van der Waals surface area contributed by atoms with E-state index in [4.69, 9.17) is 57.4 Å². The topological polar surface area (TPSA) is 223 Å². The van der Waals surface area contributed by atoms with Gasteiger partial charge in [-0.2, -0.15) is 15.5 Å². The first kappa shape index (κ1) is 52.5. The van der Waals surface area contributed by atoms with E-state index in [2.05, 4.69) is 94.2 Å². The molecule has 0 unspecified atom stereocenters. The number of pyridine rings is 2. The van der Waals surface area contributed by atoms with E-state index in [1.165, 1.54) is 58.0 Å². The first-order valence-corrected chi connectivity index (χ1v) is 27.8. The van der Waals surface area contributed by atoms with E-state index in [1.54, 1.807) is 24.3 Å². The van der Waals surface area contributed by atoms with Crippen LogP contribution < -0.4 is 40.6 Å². The number of benzene rings is 4. The number of nitrogen functional groups attached to an aromatic ring is 1. The van der Waals surface area contributed by atoms with Crippen LogP contribution >= 0.6 is 57.6 Å². The van der Waals surface area contributed by atoms with E-state index in [0.29, 0.717) is 83.3 Å². The second-order valence-corrected chi connectivity index (χ2v) is 21.2. The third-order valence-corrected chi connectivity index (χ3v) is 16.2. The molecule has 18 nitrogen and oxygen atoms in total. The zero-order chi connectivity index (χ0) is 52.4. The van der Waals surface area contributed by atoms with Crippen LogP contribution in [0.15, 0.2) is 89.5 Å². The van der Waals surface area contributed by atoms with Crippen molar-refractivity contribution in [2.45, 2.75) is 17.2 Å². The average molecular weight is 1120 g/mol. The first-order valence-electron chi connectivity index (χ1n) is 24.2. The summed E-state index contributed by atoms with van der Waals surface area (Å²) in [6, 6.07) is 27.8. The maximum absolute atomic E-state index is 9.75. The first-order chi connectivity index (χ1) is 37.2. The van der Waals surface area contributed by atoms with E-state index in [1.807, 2.05) is 18.4 Å². The highest BCUT2D eigenvalue weighted by atomic mass is 35.5. The van der Waals surface area contributed by atoms with E-state index < -0.39 is 0 Å². The van der Waals surface area contributed by atoms with Gasteiger partial charge in [-0.05, 0) is 78.8 Å². The molecule has 0 aliphatic carbocycles. The molecule has 390 valence electrons. The highest BCUT2D eigenvalue weighted by molar-refractivity contribution is 8.00. The van der Waals surface area contributed by atoms with Gasteiger partial charge < -0.3 is 50.1 Å². The lowest BCUT2D eigenvalue weighted by Crippen LogP contribution is -2.37. The van der Waals surface area contributed by atoms with Crippen LogP contribution in [0.2, 0.25) is 10.0 Å². The van der Waals surface area contributed by atoms with Gasteiger partial charge in [0.1, 0.15) is 28.2 Å². The number of nitriles is 2. The monoisotopic (exact) mass is 1120 g/mol. The molecule has 0 amide bonds. The number of morpholine rings is 2. The largest absolute Gasteiger partial charge is 0.454 e. The predicted octanol–water partition coefficient (Wildman–Crippen LogP) is 10.9. The summed E-state index contributed by atoms with van der Waals surface area (Å²) in [6.45, 7) is 9.90. The van der Waals surface area contributed by atoms with Crippen molar-refractivity contribution >= 4 is 118 Å². The van der Waals surface area contributed by atoms with Gasteiger partial charge in [-0.25, -0.2) is 15.0 Å². The lowest BCUT2D eigenvalue weighted by atomic mass is 10.1. The Morgan fingerprint density at radius 3 is 1.61 bits per heavy atom. The average Bonchev–Trinajstić information content (AvgIpc) is 4.31. The number of halogens is 2. The number of thioether (sulfide) groups is 1. The predicted molar refractivity (Wildman–Crippen MR) is 300 cm³/mol. The number of fused-ring (bicyclic) bond motifs is 4. The quantitative estimate of drug-likeness (QED) is 0.0622. The molecule has 8 heterocycles. The lowest BCUT2D eigenvalue weighted by molar-refractivity contribution is 0.0384. The molecule has 12 rings (SSSR count). The maximum atomic E-state index is 9.75. The summed E-state index contributed by atoms with van der Waals surface area (Å²) in [5, 5.41) is 30.7. The zero-order valence-corrected chi connectivity index (χ0v) is 45.0. The van der Waals surface area contributed by atoms with Gasteiger partial charge in [0.05, 0.1) is 63.7 Å². The minimum Gasteiger partial charge on any atom is -0.454 e. The molecule has 2 fully saturated rings. The van der Waals surface area contributed by atoms with Gasteiger partial charge in [0.25, 0.3) is 0 Å². The second-order valence-electron chi connectivity index (χ2n) is 17.4. The number of hydrogen-bond donors (Lipinski definition) is 4. The molecule has 76 heavy (non-hydrogen) atoms. The molecule has 23 heteroatoms. The second kappa shape index (κ2) is 24.8. The van der Waals surface area contributed by atoms with E-state index in [9.17, 15) is 10.5 Å². The number of nitrogens with one attached hydrogen (secondary N) is 3. The van der Waals surface area contributed by atoms with Gasteiger partial charge in [-0.3, -0.25) is 9.80 Å². The van der Waals surface area contributed by atoms with Crippen LogP contribution in [0.4, 0.5) is 39.3 Å². The molecule has 0 radical (unpaired) electrons. The number of aromatic nitrogens is 4. The van der Waals surface area contributed by atoms with Gasteiger partial charge >= 0.3 is 0 Å². The van der Waals surface area contributed by atoms with Crippen molar-refractivity contribution in [1.82, 2.24) is 29.7 Å². The van der Waals surface area contributed by atoms with Crippen LogP contribution in [0.1, 0.15) is 22.3 Å². The molecule has 0 saturated carbocycles. The number of rotatable bonds is 13. The molecular formula is C53H50Cl2N12O6S3. The number of nitrogens with zero attached hydrogens (tertiary/aromatic N) is 8. The molecule has 4 aromatic carbocycles. The summed E-state index contributed by atoms with van der Waals surface area (Å²) in [6.07, 6.45) is 7.05. The number of thiazole rings is 2. The van der Waals surface area contributed by atoms with E-state index in [0.717, 1.165) is 104 Å². The van der Waals surface area contributed by atoms with Crippen molar-refractivity contribution in [2.75, 3.05) is 107 Å².